The number of fused-ring (bicyclic) bond motifs is 8. The van der Waals surface area contributed by atoms with Gasteiger partial charge < -0.3 is 9.47 Å². The minimum absolute atomic E-state index is 1.08. The third kappa shape index (κ3) is 5.48. The summed E-state index contributed by atoms with van der Waals surface area (Å²) < 4.78 is 2.43. The first-order chi connectivity index (χ1) is 29.8. The molecule has 0 fully saturated rings. The van der Waals surface area contributed by atoms with Crippen molar-refractivity contribution in [3.63, 3.8) is 0 Å². The molecule has 0 N–H and O–H groups in total. The van der Waals surface area contributed by atoms with Crippen LogP contribution in [0.25, 0.3) is 93.9 Å². The van der Waals surface area contributed by atoms with Crippen molar-refractivity contribution in [1.82, 2.24) is 9.55 Å². The van der Waals surface area contributed by atoms with Gasteiger partial charge in [-0.3, -0.25) is 4.98 Å². The van der Waals surface area contributed by atoms with Gasteiger partial charge in [-0.2, -0.15) is 0 Å². The summed E-state index contributed by atoms with van der Waals surface area (Å²) in [6, 6.07) is 77.1. The largest absolute Gasteiger partial charge is 0.311 e. The molecule has 0 unspecified atom stereocenters. The van der Waals surface area contributed by atoms with Crippen molar-refractivity contribution in [1.29, 1.82) is 0 Å². The lowest BCUT2D eigenvalue weighted by atomic mass is 9.92. The minimum atomic E-state index is 1.08. The summed E-state index contributed by atoms with van der Waals surface area (Å²) in [6.45, 7) is 0. The highest BCUT2D eigenvalue weighted by molar-refractivity contribution is 6.18. The van der Waals surface area contributed by atoms with Crippen LogP contribution in [-0.4, -0.2) is 9.55 Å². The SMILES string of the molecule is c1ccc(-c2ccc(N(c3ccc(-c4ccccc4)cc3)c3ccc(-n4c5ccccc5c5cc6c(cc54)-c4cnccc4-c4cccc5cccc-6c45)cc3)cc2)cc1. The molecule has 0 spiro atoms. The van der Waals surface area contributed by atoms with E-state index in [4.69, 9.17) is 0 Å². The van der Waals surface area contributed by atoms with Gasteiger partial charge in [-0.25, -0.2) is 0 Å². The van der Waals surface area contributed by atoms with Crippen molar-refractivity contribution in [3.8, 4) is 61.3 Å². The van der Waals surface area contributed by atoms with Gasteiger partial charge in [0.25, 0.3) is 0 Å². The maximum atomic E-state index is 4.67. The van der Waals surface area contributed by atoms with E-state index >= 15 is 0 Å². The Morgan fingerprint density at radius 3 is 1.52 bits per heavy atom. The summed E-state index contributed by atoms with van der Waals surface area (Å²) in [6.07, 6.45) is 3.96. The van der Waals surface area contributed by atoms with Crippen LogP contribution in [0.2, 0.25) is 0 Å². The Balaban J connectivity index is 1.01. The topological polar surface area (TPSA) is 21.1 Å². The average molecular weight is 764 g/mol. The van der Waals surface area contributed by atoms with Crippen LogP contribution < -0.4 is 4.90 Å². The van der Waals surface area contributed by atoms with E-state index in [2.05, 4.69) is 227 Å². The van der Waals surface area contributed by atoms with E-state index in [0.717, 1.165) is 28.3 Å². The number of aromatic nitrogens is 2. The smallest absolute Gasteiger partial charge is 0.0547 e. The van der Waals surface area contributed by atoms with Crippen LogP contribution in [0, 0.1) is 0 Å². The quantitative estimate of drug-likeness (QED) is 0.168. The maximum absolute atomic E-state index is 4.67. The van der Waals surface area contributed by atoms with Crippen LogP contribution in [0.1, 0.15) is 0 Å². The predicted octanol–water partition coefficient (Wildman–Crippen LogP) is 15.5. The summed E-state index contributed by atoms with van der Waals surface area (Å²) in [7, 11) is 0. The molecule has 1 aliphatic carbocycles. The van der Waals surface area contributed by atoms with Crippen molar-refractivity contribution in [2.24, 2.45) is 0 Å². The van der Waals surface area contributed by atoms with Crippen LogP contribution >= 0.6 is 0 Å². The first-order valence-corrected chi connectivity index (χ1v) is 20.5. The molecule has 11 aromatic rings. The van der Waals surface area contributed by atoms with Crippen LogP contribution in [0.5, 0.6) is 0 Å². The van der Waals surface area contributed by atoms with Gasteiger partial charge in [0, 0.05) is 51.5 Å². The number of pyridine rings is 1. The normalized spacial score (nSPS) is 11.7. The molecule has 280 valence electrons. The predicted molar refractivity (Wildman–Crippen MR) is 252 cm³/mol. The fourth-order valence-corrected chi connectivity index (χ4v) is 9.44. The molecule has 0 radical (unpaired) electrons. The van der Waals surface area contributed by atoms with Gasteiger partial charge in [0.2, 0.25) is 0 Å². The van der Waals surface area contributed by atoms with E-state index in [0.29, 0.717) is 0 Å². The third-order valence-electron chi connectivity index (χ3n) is 12.2. The number of anilines is 3. The number of rotatable bonds is 6. The van der Waals surface area contributed by atoms with E-state index in [1.54, 1.807) is 0 Å². The number of nitrogens with zero attached hydrogens (tertiary/aromatic N) is 3. The van der Waals surface area contributed by atoms with Gasteiger partial charge in [-0.05, 0) is 134 Å². The number of benzene rings is 9. The lowest BCUT2D eigenvalue weighted by Crippen LogP contribution is -2.10. The Morgan fingerprint density at radius 1 is 0.350 bits per heavy atom. The minimum Gasteiger partial charge on any atom is -0.311 e. The van der Waals surface area contributed by atoms with E-state index in [1.807, 2.05) is 12.4 Å². The third-order valence-corrected chi connectivity index (χ3v) is 12.2. The number of hydrogen-bond acceptors (Lipinski definition) is 2. The first kappa shape index (κ1) is 34.1. The summed E-state index contributed by atoms with van der Waals surface area (Å²) in [5, 5.41) is 5.00. The summed E-state index contributed by atoms with van der Waals surface area (Å²) in [4.78, 5) is 7.02. The molecule has 0 saturated carbocycles. The van der Waals surface area contributed by atoms with Gasteiger partial charge in [0.1, 0.15) is 0 Å². The fraction of sp³-hybridized carbons (Fsp3) is 0. The van der Waals surface area contributed by atoms with Crippen LogP contribution in [0.15, 0.2) is 225 Å². The molecular weight excluding hydrogens is 727 g/mol. The molecule has 3 heteroatoms. The second-order valence-corrected chi connectivity index (χ2v) is 15.6. The molecule has 0 atom stereocenters. The Hall–Kier alpha value is -8.01. The molecule has 60 heavy (non-hydrogen) atoms. The molecule has 12 rings (SSSR count). The second-order valence-electron chi connectivity index (χ2n) is 15.6. The highest BCUT2D eigenvalue weighted by atomic mass is 15.1. The van der Waals surface area contributed by atoms with E-state index in [-0.39, 0.29) is 0 Å². The van der Waals surface area contributed by atoms with Crippen molar-refractivity contribution in [2.45, 2.75) is 0 Å². The Kier molecular flexibility index (Phi) is 7.85. The van der Waals surface area contributed by atoms with E-state index < -0.39 is 0 Å². The molecule has 3 nitrogen and oxygen atoms in total. The van der Waals surface area contributed by atoms with Gasteiger partial charge in [0.05, 0.1) is 11.0 Å². The molecule has 2 heterocycles. The molecule has 0 saturated heterocycles. The zero-order valence-corrected chi connectivity index (χ0v) is 32.7. The zero-order chi connectivity index (χ0) is 39.6. The fourth-order valence-electron chi connectivity index (χ4n) is 9.44. The van der Waals surface area contributed by atoms with Crippen molar-refractivity contribution < 1.29 is 0 Å². The van der Waals surface area contributed by atoms with Gasteiger partial charge in [0.15, 0.2) is 0 Å². The number of hydrogen-bond donors (Lipinski definition) is 0. The standard InChI is InChI=1S/C57H37N3/c1-3-11-38(12-4-1)40-21-25-43(26-22-40)59(44-27-23-41(24-28-44)39-13-5-2-6-14-39)45-29-31-46(32-30-45)60-55-20-8-7-17-48(55)53-35-51-50-19-10-16-42-15-9-18-49(57(42)50)47-33-34-58-37-54(47)52(51)36-56(53)60/h1-37H. The average Bonchev–Trinajstić information content (AvgIpc) is 3.59. The van der Waals surface area contributed by atoms with E-state index in [9.17, 15) is 0 Å². The molecule has 1 aliphatic rings. The first-order valence-electron chi connectivity index (χ1n) is 20.5. The monoisotopic (exact) mass is 763 g/mol. The van der Waals surface area contributed by atoms with Gasteiger partial charge in [-0.15, -0.1) is 0 Å². The molecule has 2 aromatic heterocycles. The second kappa shape index (κ2) is 13.8. The lowest BCUT2D eigenvalue weighted by Gasteiger charge is -2.26. The molecule has 0 bridgehead atoms. The van der Waals surface area contributed by atoms with Crippen molar-refractivity contribution in [3.05, 3.63) is 225 Å². The maximum Gasteiger partial charge on any atom is 0.0547 e. The zero-order valence-electron chi connectivity index (χ0n) is 32.7. The highest BCUT2D eigenvalue weighted by Gasteiger charge is 2.24. The Labute approximate surface area is 348 Å². The molecular formula is C57H37N3. The number of para-hydroxylation sites is 1. The highest BCUT2D eigenvalue weighted by Crippen LogP contribution is 2.49. The van der Waals surface area contributed by atoms with Gasteiger partial charge in [-0.1, -0.05) is 140 Å². The summed E-state index contributed by atoms with van der Waals surface area (Å²) in [5.41, 5.74) is 18.8. The lowest BCUT2D eigenvalue weighted by molar-refractivity contribution is 1.17. The van der Waals surface area contributed by atoms with Crippen LogP contribution in [0.4, 0.5) is 17.1 Å². The van der Waals surface area contributed by atoms with Crippen molar-refractivity contribution in [2.75, 3.05) is 4.90 Å². The molecule has 0 aliphatic heterocycles. The molecule has 9 aromatic carbocycles. The summed E-state index contributed by atoms with van der Waals surface area (Å²) >= 11 is 0. The van der Waals surface area contributed by atoms with Crippen molar-refractivity contribution >= 4 is 49.6 Å². The van der Waals surface area contributed by atoms with Gasteiger partial charge >= 0.3 is 0 Å². The molecule has 0 amide bonds. The Morgan fingerprint density at radius 2 is 0.883 bits per heavy atom. The van der Waals surface area contributed by atoms with E-state index in [1.165, 1.54) is 82.6 Å². The summed E-state index contributed by atoms with van der Waals surface area (Å²) in [5.74, 6) is 0. The van der Waals surface area contributed by atoms with Crippen LogP contribution in [0.3, 0.4) is 0 Å². The van der Waals surface area contributed by atoms with Crippen LogP contribution in [-0.2, 0) is 0 Å². The Bertz CT molecular complexity index is 3300.